The van der Waals surface area contributed by atoms with Crippen molar-refractivity contribution in [2.75, 3.05) is 25.0 Å². The summed E-state index contributed by atoms with van der Waals surface area (Å²) >= 11 is 0. The quantitative estimate of drug-likeness (QED) is 0.207. The number of piperidine rings is 2. The van der Waals surface area contributed by atoms with E-state index >= 15 is 4.39 Å². The first-order valence-corrected chi connectivity index (χ1v) is 18.4. The van der Waals surface area contributed by atoms with Gasteiger partial charge in [-0.1, -0.05) is 12.1 Å². The van der Waals surface area contributed by atoms with Crippen LogP contribution in [0.4, 0.5) is 19.0 Å². The minimum atomic E-state index is -3.10. The smallest absolute Gasteiger partial charge is 0.388 e. The van der Waals surface area contributed by atoms with E-state index in [1.54, 1.807) is 25.4 Å². The van der Waals surface area contributed by atoms with Crippen molar-refractivity contribution in [3.63, 3.8) is 0 Å². The Balaban J connectivity index is 0.868. The summed E-state index contributed by atoms with van der Waals surface area (Å²) < 4.78 is 50.3. The number of imidazole rings is 1. The highest BCUT2D eigenvalue weighted by molar-refractivity contribution is 6.03. The van der Waals surface area contributed by atoms with Crippen molar-refractivity contribution in [1.82, 2.24) is 44.1 Å². The van der Waals surface area contributed by atoms with Crippen molar-refractivity contribution < 1.29 is 32.3 Å². The third kappa shape index (κ3) is 7.29. The summed E-state index contributed by atoms with van der Waals surface area (Å²) in [5, 5.41) is 10.4. The summed E-state index contributed by atoms with van der Waals surface area (Å²) in [6.07, 6.45) is 9.17. The third-order valence-electron chi connectivity index (χ3n) is 11.1. The van der Waals surface area contributed by atoms with Crippen LogP contribution in [0.15, 0.2) is 53.8 Å². The lowest BCUT2D eigenvalue weighted by atomic mass is 9.83. The van der Waals surface area contributed by atoms with E-state index in [4.69, 9.17) is 5.10 Å². The SMILES string of the molecule is Cn1c(=O)n(C2CCC(=O)NC2=O)c2cccc([C@@H]3CCN(CC4CCC(n5cc6cc(NC(=O)c7cncc(OC(F)F)n7)ncc6n5)CC4)C[C@H]3F)c21. The molecular weight excluding hydrogens is 721 g/mol. The molecule has 2 N–H and O–H groups in total. The van der Waals surface area contributed by atoms with Gasteiger partial charge in [0.15, 0.2) is 5.69 Å². The molecule has 3 aliphatic rings. The van der Waals surface area contributed by atoms with Crippen LogP contribution in [-0.2, 0) is 16.6 Å². The van der Waals surface area contributed by atoms with Gasteiger partial charge < -0.3 is 15.0 Å². The third-order valence-corrected chi connectivity index (χ3v) is 11.1. The van der Waals surface area contributed by atoms with Gasteiger partial charge in [-0.25, -0.2) is 19.2 Å². The number of aromatic nitrogens is 7. The number of pyridine rings is 1. The van der Waals surface area contributed by atoms with Crippen molar-refractivity contribution in [2.24, 2.45) is 13.0 Å². The molecule has 1 unspecified atom stereocenters. The van der Waals surface area contributed by atoms with Crippen LogP contribution >= 0.6 is 0 Å². The lowest BCUT2D eigenvalue weighted by Gasteiger charge is -2.38. The molecule has 6 heterocycles. The molecule has 3 atom stereocenters. The van der Waals surface area contributed by atoms with Gasteiger partial charge in [0.25, 0.3) is 5.91 Å². The Labute approximate surface area is 311 Å². The van der Waals surface area contributed by atoms with E-state index in [1.807, 2.05) is 23.0 Å². The van der Waals surface area contributed by atoms with E-state index < -0.39 is 42.4 Å². The molecule has 2 aliphatic heterocycles. The van der Waals surface area contributed by atoms with Gasteiger partial charge in [-0.2, -0.15) is 13.9 Å². The van der Waals surface area contributed by atoms with Gasteiger partial charge in [-0.05, 0) is 68.7 Å². The summed E-state index contributed by atoms with van der Waals surface area (Å²) in [6, 6.07) is 6.52. The van der Waals surface area contributed by atoms with E-state index in [2.05, 4.69) is 35.2 Å². The Morgan fingerprint density at radius 1 is 1.07 bits per heavy atom. The summed E-state index contributed by atoms with van der Waals surface area (Å²) in [7, 11) is 1.65. The maximum absolute atomic E-state index is 16.1. The second kappa shape index (κ2) is 14.9. The monoisotopic (exact) mass is 760 g/mol. The predicted molar refractivity (Wildman–Crippen MR) is 192 cm³/mol. The number of hydrogen-bond acceptors (Lipinski definition) is 10. The van der Waals surface area contributed by atoms with Crippen LogP contribution in [0, 0.1) is 5.92 Å². The number of benzene rings is 1. The molecule has 0 radical (unpaired) electrons. The molecule has 3 amide bonds. The number of fused-ring (bicyclic) bond motifs is 2. The molecule has 15 nitrogen and oxygen atoms in total. The van der Waals surface area contributed by atoms with Crippen LogP contribution < -0.4 is 21.1 Å². The molecule has 1 aromatic carbocycles. The lowest BCUT2D eigenvalue weighted by molar-refractivity contribution is -0.135. The largest absolute Gasteiger partial charge is 0.415 e. The van der Waals surface area contributed by atoms with E-state index in [9.17, 15) is 28.0 Å². The highest BCUT2D eigenvalue weighted by Crippen LogP contribution is 2.38. The minimum absolute atomic E-state index is 0.148. The Morgan fingerprint density at radius 2 is 1.89 bits per heavy atom. The molecule has 3 fully saturated rings. The fraction of sp³-hybridized carbons (Fsp3) is 0.459. The van der Waals surface area contributed by atoms with E-state index in [1.165, 1.54) is 9.13 Å². The number of aryl methyl sites for hydroxylation is 1. The number of nitrogens with one attached hydrogen (secondary N) is 2. The van der Waals surface area contributed by atoms with Crippen molar-refractivity contribution in [3.05, 3.63) is 70.8 Å². The Morgan fingerprint density at radius 3 is 2.65 bits per heavy atom. The Kier molecular flexibility index (Phi) is 9.83. The highest BCUT2D eigenvalue weighted by Gasteiger charge is 2.36. The molecule has 2 saturated heterocycles. The first-order valence-electron chi connectivity index (χ1n) is 18.4. The average Bonchev–Trinajstić information content (AvgIpc) is 3.70. The van der Waals surface area contributed by atoms with E-state index in [0.717, 1.165) is 62.1 Å². The van der Waals surface area contributed by atoms with Gasteiger partial charge in [0.1, 0.15) is 23.5 Å². The van der Waals surface area contributed by atoms with Crippen molar-refractivity contribution >= 4 is 45.5 Å². The fourth-order valence-corrected chi connectivity index (χ4v) is 8.43. The summed E-state index contributed by atoms with van der Waals surface area (Å²) in [5.74, 6) is -1.76. The average molecular weight is 761 g/mol. The predicted octanol–water partition coefficient (Wildman–Crippen LogP) is 4.27. The minimum Gasteiger partial charge on any atom is -0.415 e. The number of likely N-dealkylation sites (tertiary alicyclic amines) is 1. The number of nitrogens with zero attached hydrogens (tertiary/aromatic N) is 8. The number of alkyl halides is 3. The van der Waals surface area contributed by atoms with Gasteiger partial charge in [0, 0.05) is 44.1 Å². The maximum atomic E-state index is 16.1. The number of carbonyl (C=O) groups is 3. The Hall–Kier alpha value is -5.65. The van der Waals surface area contributed by atoms with Gasteiger partial charge in [-0.15, -0.1) is 0 Å². The topological polar surface area (TPSA) is 171 Å². The number of amides is 3. The van der Waals surface area contributed by atoms with Gasteiger partial charge >= 0.3 is 12.3 Å². The summed E-state index contributed by atoms with van der Waals surface area (Å²) in [5.41, 5.74) is 2.04. The second-order valence-electron chi connectivity index (χ2n) is 14.6. The zero-order chi connectivity index (χ0) is 38.4. The van der Waals surface area contributed by atoms with Crippen molar-refractivity contribution in [1.29, 1.82) is 0 Å². The normalized spacial score (nSPS) is 23.7. The molecule has 8 rings (SSSR count). The number of carbonyl (C=O) groups excluding carboxylic acids is 3. The van der Waals surface area contributed by atoms with Crippen LogP contribution in [-0.4, -0.2) is 88.9 Å². The highest BCUT2D eigenvalue weighted by atomic mass is 19.3. The number of halogens is 3. The maximum Gasteiger partial charge on any atom is 0.388 e. The molecular formula is C37H39F3N10O5. The Bertz CT molecular complexity index is 2340. The standard InChI is InChI=1S/C37H39F3N10O5/c1-47-33-24(3-2-4-28(33)50(37(47)54)29-9-10-31(51)45-35(29)53)23-11-12-48(19-25(23)38)17-20-5-7-22(8-6-20)49-18-21-13-30(42-15-26(21)46-49)44-34(52)27-14-41-16-32(43-27)55-36(39)40/h2-4,13-16,18,20,22-23,25,29,36H,5-12,17,19H2,1H3,(H,44,52)(H,45,51,53)/t20?,22?,23-,25+,29?/m0/s1. The van der Waals surface area contributed by atoms with E-state index in [-0.39, 0.29) is 42.0 Å². The number of ether oxygens (including phenoxy) is 1. The lowest BCUT2D eigenvalue weighted by Crippen LogP contribution is -2.44. The summed E-state index contributed by atoms with van der Waals surface area (Å²) in [4.78, 5) is 64.5. The first-order chi connectivity index (χ1) is 26.5. The zero-order valence-electron chi connectivity index (χ0n) is 29.9. The van der Waals surface area contributed by atoms with Crippen LogP contribution in [0.25, 0.3) is 21.9 Å². The molecule has 0 spiro atoms. The molecule has 288 valence electrons. The molecule has 1 saturated carbocycles. The number of anilines is 1. The number of para-hydroxylation sites is 1. The molecule has 18 heteroatoms. The summed E-state index contributed by atoms with van der Waals surface area (Å²) in [6.45, 7) is -1.29. The number of imide groups is 1. The first kappa shape index (κ1) is 36.3. The van der Waals surface area contributed by atoms with Crippen LogP contribution in [0.1, 0.15) is 79.0 Å². The van der Waals surface area contributed by atoms with Gasteiger partial charge in [0.2, 0.25) is 17.7 Å². The van der Waals surface area contributed by atoms with Crippen LogP contribution in [0.2, 0.25) is 0 Å². The van der Waals surface area contributed by atoms with Crippen LogP contribution in [0.3, 0.4) is 0 Å². The van der Waals surface area contributed by atoms with E-state index in [0.29, 0.717) is 35.4 Å². The number of hydrogen-bond donors (Lipinski definition) is 2. The second-order valence-corrected chi connectivity index (χ2v) is 14.6. The van der Waals surface area contributed by atoms with Gasteiger partial charge in [-0.3, -0.25) is 38.5 Å². The molecule has 5 aromatic rings. The number of rotatable bonds is 9. The fourth-order valence-electron chi connectivity index (χ4n) is 8.43. The van der Waals surface area contributed by atoms with Crippen molar-refractivity contribution in [3.8, 4) is 5.88 Å². The molecule has 1 aliphatic carbocycles. The zero-order valence-corrected chi connectivity index (χ0v) is 29.9. The van der Waals surface area contributed by atoms with Crippen molar-refractivity contribution in [2.45, 2.75) is 75.7 Å². The molecule has 0 bridgehead atoms. The molecule has 55 heavy (non-hydrogen) atoms. The van der Waals surface area contributed by atoms with Crippen LogP contribution in [0.5, 0.6) is 5.88 Å². The van der Waals surface area contributed by atoms with Gasteiger partial charge in [0.05, 0.1) is 35.7 Å². The molecule has 4 aromatic heterocycles.